The van der Waals surface area contributed by atoms with E-state index >= 15 is 0 Å². The minimum absolute atomic E-state index is 0.0538. The summed E-state index contributed by atoms with van der Waals surface area (Å²) in [6.45, 7) is 0.321. The number of benzene rings is 3. The van der Waals surface area contributed by atoms with E-state index < -0.39 is 5.91 Å². The summed E-state index contributed by atoms with van der Waals surface area (Å²) < 4.78 is 6.86. The van der Waals surface area contributed by atoms with E-state index in [1.165, 1.54) is 6.08 Å². The smallest absolute Gasteiger partial charge is 0.266 e. The van der Waals surface area contributed by atoms with Gasteiger partial charge in [-0.05, 0) is 42.5 Å². The molecule has 0 bridgehead atoms. The fraction of sp³-hybridized carbons (Fsp3) is 0.0435. The van der Waals surface area contributed by atoms with Crippen molar-refractivity contribution in [1.82, 2.24) is 0 Å². The Morgan fingerprint density at radius 1 is 1.10 bits per heavy atom. The maximum atomic E-state index is 12.5. The van der Waals surface area contributed by atoms with Gasteiger partial charge in [-0.1, -0.05) is 63.9 Å². The van der Waals surface area contributed by atoms with Crippen molar-refractivity contribution in [3.8, 4) is 11.8 Å². The van der Waals surface area contributed by atoms with Crippen LogP contribution in [0.1, 0.15) is 11.1 Å². The number of nitriles is 1. The van der Waals surface area contributed by atoms with E-state index in [9.17, 15) is 10.1 Å². The molecule has 0 saturated carbocycles. The number of nitrogens with zero attached hydrogens (tertiary/aromatic N) is 1. The number of ether oxygens (including phenoxy) is 1. The highest BCUT2D eigenvalue weighted by atomic mass is 79.9. The first-order valence-electron chi connectivity index (χ1n) is 8.71. The summed E-state index contributed by atoms with van der Waals surface area (Å²) in [5.74, 6) is 0.0147. The lowest BCUT2D eigenvalue weighted by Gasteiger charge is -2.11. The molecule has 0 fully saturated rings. The lowest BCUT2D eigenvalue weighted by Crippen LogP contribution is -2.13. The van der Waals surface area contributed by atoms with E-state index in [4.69, 9.17) is 16.3 Å². The third kappa shape index (κ3) is 5.71. The Hall–Kier alpha value is -3.07. The van der Waals surface area contributed by atoms with Crippen LogP contribution < -0.4 is 10.1 Å². The molecule has 0 aliphatic heterocycles. The van der Waals surface area contributed by atoms with Crippen molar-refractivity contribution >= 4 is 45.2 Å². The van der Waals surface area contributed by atoms with Crippen LogP contribution in [0.15, 0.2) is 82.8 Å². The van der Waals surface area contributed by atoms with Crippen LogP contribution in [-0.4, -0.2) is 5.91 Å². The molecule has 0 radical (unpaired) electrons. The summed E-state index contributed by atoms with van der Waals surface area (Å²) in [4.78, 5) is 12.5. The van der Waals surface area contributed by atoms with Crippen LogP contribution in [0.25, 0.3) is 6.08 Å². The second-order valence-corrected chi connectivity index (χ2v) is 7.34. The zero-order chi connectivity index (χ0) is 20.6. The average Bonchev–Trinajstić information content (AvgIpc) is 2.73. The van der Waals surface area contributed by atoms with Gasteiger partial charge >= 0.3 is 0 Å². The summed E-state index contributed by atoms with van der Waals surface area (Å²) in [6, 6.07) is 23.7. The second-order valence-electron chi connectivity index (χ2n) is 6.05. The molecule has 1 amide bonds. The molecule has 144 valence electrons. The highest BCUT2D eigenvalue weighted by Gasteiger charge is 2.12. The van der Waals surface area contributed by atoms with Crippen molar-refractivity contribution in [2.75, 3.05) is 5.32 Å². The molecule has 3 aromatic carbocycles. The Balaban J connectivity index is 1.84. The van der Waals surface area contributed by atoms with Gasteiger partial charge in [0.15, 0.2) is 0 Å². The van der Waals surface area contributed by atoms with E-state index in [1.807, 2.05) is 36.4 Å². The maximum Gasteiger partial charge on any atom is 0.266 e. The van der Waals surface area contributed by atoms with Crippen molar-refractivity contribution in [3.63, 3.8) is 0 Å². The molecule has 3 rings (SSSR count). The standard InChI is InChI=1S/C23H16BrClN2O2/c24-21-9-5-4-6-16(21)15-29-22-11-10-19(25)13-17(22)12-18(14-26)23(28)27-20-7-2-1-3-8-20/h1-13H,15H2,(H,27,28)/b18-12+. The van der Waals surface area contributed by atoms with Crippen molar-refractivity contribution in [2.45, 2.75) is 6.61 Å². The van der Waals surface area contributed by atoms with Crippen molar-refractivity contribution in [1.29, 1.82) is 5.26 Å². The Kier molecular flexibility index (Phi) is 7.07. The van der Waals surface area contributed by atoms with Crippen molar-refractivity contribution < 1.29 is 9.53 Å². The number of hydrogen-bond acceptors (Lipinski definition) is 3. The predicted octanol–water partition coefficient (Wildman–Crippen LogP) is 6.23. The molecule has 0 saturated heterocycles. The number of nitrogens with one attached hydrogen (secondary N) is 1. The molecule has 0 atom stereocenters. The highest BCUT2D eigenvalue weighted by molar-refractivity contribution is 9.10. The normalized spacial score (nSPS) is 10.9. The number of carbonyl (C=O) groups excluding carboxylic acids is 1. The van der Waals surface area contributed by atoms with Gasteiger partial charge in [0.05, 0.1) is 0 Å². The molecular weight excluding hydrogens is 452 g/mol. The van der Waals surface area contributed by atoms with Gasteiger partial charge in [-0.15, -0.1) is 0 Å². The van der Waals surface area contributed by atoms with Gasteiger partial charge in [-0.3, -0.25) is 4.79 Å². The minimum Gasteiger partial charge on any atom is -0.488 e. The molecule has 0 aromatic heterocycles. The first-order chi connectivity index (χ1) is 14.1. The second kappa shape index (κ2) is 9.92. The summed E-state index contributed by atoms with van der Waals surface area (Å²) in [6.07, 6.45) is 1.47. The fourth-order valence-corrected chi connectivity index (χ4v) is 3.14. The number of anilines is 1. The lowest BCUT2D eigenvalue weighted by molar-refractivity contribution is -0.112. The Bertz CT molecular complexity index is 1090. The third-order valence-electron chi connectivity index (χ3n) is 4.01. The van der Waals surface area contributed by atoms with E-state index in [1.54, 1.807) is 42.5 Å². The molecule has 6 heteroatoms. The molecule has 0 aliphatic rings. The molecule has 0 spiro atoms. The lowest BCUT2D eigenvalue weighted by atomic mass is 10.1. The van der Waals surface area contributed by atoms with Crippen LogP contribution in [0.3, 0.4) is 0 Å². The number of para-hydroxylation sites is 1. The van der Waals surface area contributed by atoms with Gasteiger partial charge in [0.25, 0.3) is 5.91 Å². The average molecular weight is 468 g/mol. The topological polar surface area (TPSA) is 62.1 Å². The van der Waals surface area contributed by atoms with Crippen LogP contribution in [0.4, 0.5) is 5.69 Å². The molecule has 3 aromatic rings. The van der Waals surface area contributed by atoms with Gasteiger partial charge in [0.2, 0.25) is 0 Å². The summed E-state index contributed by atoms with van der Waals surface area (Å²) >= 11 is 9.61. The zero-order valence-electron chi connectivity index (χ0n) is 15.2. The number of rotatable bonds is 6. The Morgan fingerprint density at radius 3 is 2.55 bits per heavy atom. The quantitative estimate of drug-likeness (QED) is 0.345. The molecular formula is C23H16BrClN2O2. The monoisotopic (exact) mass is 466 g/mol. The summed E-state index contributed by atoms with van der Waals surface area (Å²) in [5, 5.41) is 12.7. The van der Waals surface area contributed by atoms with Crippen LogP contribution in [0.2, 0.25) is 5.02 Å². The van der Waals surface area contributed by atoms with Gasteiger partial charge < -0.3 is 10.1 Å². The summed E-state index contributed by atoms with van der Waals surface area (Å²) in [7, 11) is 0. The van der Waals surface area contributed by atoms with Crippen molar-refractivity contribution in [2.24, 2.45) is 0 Å². The van der Waals surface area contributed by atoms with E-state index in [2.05, 4.69) is 21.2 Å². The Morgan fingerprint density at radius 2 is 1.83 bits per heavy atom. The molecule has 0 unspecified atom stereocenters. The Labute approximate surface area is 182 Å². The largest absolute Gasteiger partial charge is 0.488 e. The van der Waals surface area contributed by atoms with Gasteiger partial charge in [0, 0.05) is 26.3 Å². The molecule has 0 heterocycles. The van der Waals surface area contributed by atoms with Crippen LogP contribution >= 0.6 is 27.5 Å². The van der Waals surface area contributed by atoms with Gasteiger partial charge in [-0.2, -0.15) is 5.26 Å². The zero-order valence-corrected chi connectivity index (χ0v) is 17.6. The molecule has 1 N–H and O–H groups in total. The van der Waals surface area contributed by atoms with Crippen LogP contribution in [-0.2, 0) is 11.4 Å². The molecule has 29 heavy (non-hydrogen) atoms. The molecule has 4 nitrogen and oxygen atoms in total. The van der Waals surface area contributed by atoms with E-state index in [-0.39, 0.29) is 5.57 Å². The van der Waals surface area contributed by atoms with E-state index in [0.717, 1.165) is 10.0 Å². The third-order valence-corrected chi connectivity index (χ3v) is 5.02. The SMILES string of the molecule is N#C/C(=C\c1cc(Cl)ccc1OCc1ccccc1Br)C(=O)Nc1ccccc1. The van der Waals surface area contributed by atoms with Gasteiger partial charge in [0.1, 0.15) is 24.0 Å². The number of amides is 1. The fourth-order valence-electron chi connectivity index (χ4n) is 2.56. The predicted molar refractivity (Wildman–Crippen MR) is 119 cm³/mol. The first kappa shape index (κ1) is 20.7. The van der Waals surface area contributed by atoms with Crippen LogP contribution in [0, 0.1) is 11.3 Å². The molecule has 0 aliphatic carbocycles. The van der Waals surface area contributed by atoms with Crippen LogP contribution in [0.5, 0.6) is 5.75 Å². The van der Waals surface area contributed by atoms with Gasteiger partial charge in [-0.25, -0.2) is 0 Å². The highest BCUT2D eigenvalue weighted by Crippen LogP contribution is 2.27. The maximum absolute atomic E-state index is 12.5. The number of halogens is 2. The number of hydrogen-bond donors (Lipinski definition) is 1. The number of carbonyl (C=O) groups is 1. The van der Waals surface area contributed by atoms with E-state index in [0.29, 0.717) is 28.6 Å². The van der Waals surface area contributed by atoms with Crippen molar-refractivity contribution in [3.05, 3.63) is 99.0 Å². The minimum atomic E-state index is -0.504. The summed E-state index contributed by atoms with van der Waals surface area (Å²) in [5.41, 5.74) is 2.07. The first-order valence-corrected chi connectivity index (χ1v) is 9.88.